The predicted octanol–water partition coefficient (Wildman–Crippen LogP) is 3.96. The highest BCUT2D eigenvalue weighted by Gasteiger charge is 2.33. The van der Waals surface area contributed by atoms with Gasteiger partial charge >= 0.3 is 6.18 Å². The standard InChI is InChI=1S/C21H18F3N3O2/c22-21(23,24)17-5-3-4-15-18(16(20(28)29)12-25-19(15)17)26-13-6-8-14(9-7-13)27-10-1-2-11-27/h3-9,12H,1-2,10-11H2,(H,25,26)(H,28,29)/p-1. The molecule has 5 nitrogen and oxygen atoms in total. The number of fused-ring (bicyclic) bond motifs is 1. The quantitative estimate of drug-likeness (QED) is 0.718. The molecule has 1 aliphatic heterocycles. The number of carboxylic acids is 1. The van der Waals surface area contributed by atoms with E-state index in [1.54, 1.807) is 12.1 Å². The van der Waals surface area contributed by atoms with Crippen LogP contribution in [-0.2, 0) is 6.18 Å². The van der Waals surface area contributed by atoms with Crippen molar-refractivity contribution < 1.29 is 23.1 Å². The summed E-state index contributed by atoms with van der Waals surface area (Å²) >= 11 is 0. The lowest BCUT2D eigenvalue weighted by atomic mass is 10.0. The number of aromatic nitrogens is 1. The molecule has 29 heavy (non-hydrogen) atoms. The first-order valence-electron chi connectivity index (χ1n) is 9.17. The summed E-state index contributed by atoms with van der Waals surface area (Å²) in [5, 5.41) is 14.6. The van der Waals surface area contributed by atoms with Gasteiger partial charge in [-0.2, -0.15) is 13.2 Å². The fourth-order valence-corrected chi connectivity index (χ4v) is 3.62. The second-order valence-corrected chi connectivity index (χ2v) is 6.90. The molecule has 0 atom stereocenters. The Hall–Kier alpha value is -3.29. The molecule has 1 saturated heterocycles. The SMILES string of the molecule is O=C([O-])c1cnc2c(C(F)(F)F)cccc2c1Nc1ccc(N2CCCC2)cc1. The zero-order valence-corrected chi connectivity index (χ0v) is 15.3. The number of carbonyl (C=O) groups excluding carboxylic acids is 1. The molecular weight excluding hydrogens is 383 g/mol. The lowest BCUT2D eigenvalue weighted by molar-refractivity contribution is -0.254. The Morgan fingerprint density at radius 3 is 2.38 bits per heavy atom. The van der Waals surface area contributed by atoms with E-state index in [9.17, 15) is 23.1 Å². The van der Waals surface area contributed by atoms with Gasteiger partial charge in [0.1, 0.15) is 0 Å². The van der Waals surface area contributed by atoms with E-state index < -0.39 is 17.7 Å². The molecular formula is C21H17F3N3O2-. The summed E-state index contributed by atoms with van der Waals surface area (Å²) in [5.41, 5.74) is 0.0801. The fraction of sp³-hybridized carbons (Fsp3) is 0.238. The number of carbonyl (C=O) groups is 1. The van der Waals surface area contributed by atoms with E-state index in [2.05, 4.69) is 15.2 Å². The summed E-state index contributed by atoms with van der Waals surface area (Å²) in [4.78, 5) is 17.5. The number of hydrogen-bond acceptors (Lipinski definition) is 5. The van der Waals surface area contributed by atoms with Crippen molar-refractivity contribution in [3.63, 3.8) is 0 Å². The van der Waals surface area contributed by atoms with Crippen LogP contribution in [0.4, 0.5) is 30.2 Å². The lowest BCUT2D eigenvalue weighted by Gasteiger charge is -2.19. The van der Waals surface area contributed by atoms with Crippen LogP contribution in [0.2, 0.25) is 0 Å². The van der Waals surface area contributed by atoms with Gasteiger partial charge in [-0.15, -0.1) is 0 Å². The molecule has 8 heteroatoms. The van der Waals surface area contributed by atoms with Crippen LogP contribution in [0.15, 0.2) is 48.7 Å². The Bertz CT molecular complexity index is 1060. The predicted molar refractivity (Wildman–Crippen MR) is 102 cm³/mol. The molecule has 1 aromatic heterocycles. The summed E-state index contributed by atoms with van der Waals surface area (Å²) in [5.74, 6) is -1.52. The van der Waals surface area contributed by atoms with Crippen molar-refractivity contribution in [1.29, 1.82) is 0 Å². The number of halogens is 3. The highest BCUT2D eigenvalue weighted by molar-refractivity contribution is 6.05. The number of benzene rings is 2. The van der Waals surface area contributed by atoms with Gasteiger partial charge in [0.25, 0.3) is 0 Å². The minimum Gasteiger partial charge on any atom is -0.545 e. The first kappa shape index (κ1) is 19.0. The number of hydrogen-bond donors (Lipinski definition) is 1. The van der Waals surface area contributed by atoms with E-state index >= 15 is 0 Å². The molecule has 2 heterocycles. The van der Waals surface area contributed by atoms with Crippen molar-refractivity contribution in [1.82, 2.24) is 4.98 Å². The second kappa shape index (κ2) is 7.27. The van der Waals surface area contributed by atoms with E-state index in [0.29, 0.717) is 5.69 Å². The largest absolute Gasteiger partial charge is 0.545 e. The van der Waals surface area contributed by atoms with Crippen molar-refractivity contribution in [3.05, 3.63) is 59.8 Å². The van der Waals surface area contributed by atoms with Crippen molar-refractivity contribution in [2.75, 3.05) is 23.3 Å². The summed E-state index contributed by atoms with van der Waals surface area (Å²) in [6.07, 6.45) is -1.43. The summed E-state index contributed by atoms with van der Waals surface area (Å²) in [7, 11) is 0. The van der Waals surface area contributed by atoms with E-state index in [1.807, 2.05) is 12.1 Å². The van der Waals surface area contributed by atoms with Gasteiger partial charge in [0, 0.05) is 41.6 Å². The number of alkyl halides is 3. The maximum atomic E-state index is 13.3. The number of nitrogens with one attached hydrogen (secondary N) is 1. The lowest BCUT2D eigenvalue weighted by Crippen LogP contribution is -2.24. The first-order chi connectivity index (χ1) is 13.8. The zero-order chi connectivity index (χ0) is 20.6. The van der Waals surface area contributed by atoms with Crippen LogP contribution in [0.3, 0.4) is 0 Å². The van der Waals surface area contributed by atoms with Gasteiger partial charge in [-0.25, -0.2) is 0 Å². The Labute approximate surface area is 164 Å². The molecule has 0 radical (unpaired) electrons. The molecule has 0 saturated carbocycles. The Balaban J connectivity index is 1.77. The van der Waals surface area contributed by atoms with E-state index in [4.69, 9.17) is 0 Å². The Kier molecular flexibility index (Phi) is 4.77. The summed E-state index contributed by atoms with van der Waals surface area (Å²) in [6, 6.07) is 10.9. The van der Waals surface area contributed by atoms with Gasteiger partial charge in [-0.3, -0.25) is 4.98 Å². The average molecular weight is 400 g/mol. The normalized spacial score (nSPS) is 14.4. The van der Waals surface area contributed by atoms with Gasteiger partial charge in [-0.1, -0.05) is 12.1 Å². The molecule has 2 aromatic carbocycles. The van der Waals surface area contributed by atoms with Crippen LogP contribution in [0.5, 0.6) is 0 Å². The van der Waals surface area contributed by atoms with Gasteiger partial charge in [-0.05, 0) is 43.2 Å². The third kappa shape index (κ3) is 3.70. The Morgan fingerprint density at radius 1 is 1.07 bits per heavy atom. The molecule has 150 valence electrons. The third-order valence-electron chi connectivity index (χ3n) is 5.03. The van der Waals surface area contributed by atoms with Crippen LogP contribution in [-0.4, -0.2) is 24.0 Å². The van der Waals surface area contributed by atoms with Gasteiger partial charge < -0.3 is 20.1 Å². The van der Waals surface area contributed by atoms with Crippen LogP contribution < -0.4 is 15.3 Å². The van der Waals surface area contributed by atoms with Gasteiger partial charge in [0.15, 0.2) is 0 Å². The average Bonchev–Trinajstić information content (AvgIpc) is 3.22. The van der Waals surface area contributed by atoms with Gasteiger partial charge in [0.05, 0.1) is 22.7 Å². The maximum absolute atomic E-state index is 13.3. The molecule has 1 N–H and O–H groups in total. The molecule has 1 fully saturated rings. The second-order valence-electron chi connectivity index (χ2n) is 6.90. The van der Waals surface area contributed by atoms with Gasteiger partial charge in [0.2, 0.25) is 0 Å². The molecule has 0 aliphatic carbocycles. The number of rotatable bonds is 4. The van der Waals surface area contributed by atoms with E-state index in [1.165, 1.54) is 12.1 Å². The maximum Gasteiger partial charge on any atom is 0.418 e. The highest BCUT2D eigenvalue weighted by atomic mass is 19.4. The van der Waals surface area contributed by atoms with E-state index in [-0.39, 0.29) is 22.2 Å². The number of aromatic carboxylic acids is 1. The smallest absolute Gasteiger partial charge is 0.418 e. The minimum absolute atomic E-state index is 0.0232. The third-order valence-corrected chi connectivity index (χ3v) is 5.03. The molecule has 0 unspecified atom stereocenters. The first-order valence-corrected chi connectivity index (χ1v) is 9.17. The zero-order valence-electron chi connectivity index (χ0n) is 15.3. The molecule has 0 spiro atoms. The fourth-order valence-electron chi connectivity index (χ4n) is 3.62. The van der Waals surface area contributed by atoms with Crippen molar-refractivity contribution in [2.45, 2.75) is 19.0 Å². The number of pyridine rings is 1. The molecule has 0 amide bonds. The summed E-state index contributed by atoms with van der Waals surface area (Å²) in [6.45, 7) is 1.97. The van der Waals surface area contributed by atoms with Crippen LogP contribution >= 0.6 is 0 Å². The number of carboxylic acid groups (broad SMARTS) is 1. The topological polar surface area (TPSA) is 68.3 Å². The van der Waals surface area contributed by atoms with Crippen LogP contribution in [0.1, 0.15) is 28.8 Å². The number of para-hydroxylation sites is 1. The minimum atomic E-state index is -4.61. The molecule has 3 aromatic rings. The van der Waals surface area contributed by atoms with Crippen molar-refractivity contribution >= 4 is 33.9 Å². The molecule has 0 bridgehead atoms. The van der Waals surface area contributed by atoms with Crippen molar-refractivity contribution in [3.8, 4) is 0 Å². The number of nitrogens with zero attached hydrogens (tertiary/aromatic N) is 2. The van der Waals surface area contributed by atoms with Crippen LogP contribution in [0.25, 0.3) is 10.9 Å². The summed E-state index contributed by atoms with van der Waals surface area (Å²) < 4.78 is 40.0. The molecule has 4 rings (SSSR count). The highest BCUT2D eigenvalue weighted by Crippen LogP contribution is 2.37. The van der Waals surface area contributed by atoms with Crippen molar-refractivity contribution in [2.24, 2.45) is 0 Å². The monoisotopic (exact) mass is 400 g/mol. The Morgan fingerprint density at radius 2 is 1.76 bits per heavy atom. The van der Waals surface area contributed by atoms with Crippen LogP contribution in [0, 0.1) is 0 Å². The molecule has 1 aliphatic rings. The number of anilines is 3. The van der Waals surface area contributed by atoms with E-state index in [0.717, 1.165) is 43.9 Å².